The number of para-hydroxylation sites is 4. The molecule has 0 radical (unpaired) electrons. The topological polar surface area (TPSA) is 72.9 Å². The summed E-state index contributed by atoms with van der Waals surface area (Å²) in [5.41, 5.74) is 22.2. The molecule has 0 fully saturated rings. The van der Waals surface area contributed by atoms with Gasteiger partial charge in [0.15, 0.2) is 5.58 Å². The summed E-state index contributed by atoms with van der Waals surface area (Å²) < 4.78 is 9.22. The SMILES string of the molecule is c1ccc(N2c3ccccc3C3(c4cc5c(cc42)C2(c4ccccc4-5)c4ccncc4-c4ncccc42)c2cccnc2-c2ncc(-n4c5ccccc5c5ccc6c7ccccc7oc6c54)cc23)cc1. The Bertz CT molecular complexity index is 4460. The third-order valence-corrected chi connectivity index (χ3v) is 16.2. The van der Waals surface area contributed by atoms with Gasteiger partial charge in [-0.1, -0.05) is 115 Å². The van der Waals surface area contributed by atoms with Gasteiger partial charge in [-0.3, -0.25) is 19.9 Å². The maximum atomic E-state index is 6.85. The van der Waals surface area contributed by atoms with Crippen LogP contribution in [0.5, 0.6) is 0 Å². The smallest absolute Gasteiger partial charge is 0.160 e. The summed E-state index contributed by atoms with van der Waals surface area (Å²) in [6.45, 7) is 0. The molecule has 2 atom stereocenters. The zero-order valence-corrected chi connectivity index (χ0v) is 37.9. The van der Waals surface area contributed by atoms with Gasteiger partial charge in [0.1, 0.15) is 5.58 Å². The zero-order valence-electron chi connectivity index (χ0n) is 37.9. The number of nitrogens with zero attached hydrogens (tertiary/aromatic N) is 6. The number of hydrogen-bond donors (Lipinski definition) is 0. The molecule has 0 bridgehead atoms. The standard InChI is InChI=1S/C64H36N6O/c1-2-14-37(15-3-1)69-55-24-10-8-20-48(55)64(52-33-44-39-16-4-7-19-46(39)63(51(44)34-56(52)69)47-28-31-65-36-45(47)58-49(63)21-12-29-66-58)50-22-13-30-67-59(50)60-53(64)32-38(35-68-60)70-54-23-9-5-17-40(54)42-26-27-43-41-18-6-11-25-57(41)71-62(43)61(42)70/h1-36H. The fourth-order valence-electron chi connectivity index (χ4n) is 13.6. The third-order valence-electron chi connectivity index (χ3n) is 16.2. The lowest BCUT2D eigenvalue weighted by Gasteiger charge is -2.45. The van der Waals surface area contributed by atoms with Gasteiger partial charge in [-0.2, -0.15) is 0 Å². The van der Waals surface area contributed by atoms with Crippen molar-refractivity contribution >= 4 is 60.8 Å². The first-order valence-electron chi connectivity index (χ1n) is 24.2. The van der Waals surface area contributed by atoms with Gasteiger partial charge < -0.3 is 13.9 Å². The average molecular weight is 905 g/mol. The number of fused-ring (bicyclic) bond motifs is 26. The van der Waals surface area contributed by atoms with Crippen LogP contribution in [0.1, 0.15) is 44.5 Å². The van der Waals surface area contributed by atoms with Gasteiger partial charge in [0, 0.05) is 63.1 Å². The predicted molar refractivity (Wildman–Crippen MR) is 281 cm³/mol. The quantitative estimate of drug-likeness (QED) is 0.172. The number of hydrogen-bond acceptors (Lipinski definition) is 6. The highest BCUT2D eigenvalue weighted by atomic mass is 16.3. The van der Waals surface area contributed by atoms with E-state index in [1.807, 2.05) is 37.1 Å². The van der Waals surface area contributed by atoms with Crippen LogP contribution >= 0.6 is 0 Å². The molecule has 7 aromatic carbocycles. The second-order valence-electron chi connectivity index (χ2n) is 19.2. The maximum absolute atomic E-state index is 6.85. The van der Waals surface area contributed by atoms with Crippen LogP contribution in [-0.2, 0) is 10.8 Å². The summed E-state index contributed by atoms with van der Waals surface area (Å²) in [6.07, 6.45) is 9.79. The summed E-state index contributed by atoms with van der Waals surface area (Å²) >= 11 is 0. The van der Waals surface area contributed by atoms with E-state index in [2.05, 4.69) is 196 Å². The van der Waals surface area contributed by atoms with E-state index in [0.717, 1.165) is 106 Å². The second-order valence-corrected chi connectivity index (χ2v) is 19.2. The molecule has 0 saturated carbocycles. The molecule has 3 aliphatic carbocycles. The Morgan fingerprint density at radius 2 is 1.07 bits per heavy atom. The van der Waals surface area contributed by atoms with Crippen molar-refractivity contribution in [3.8, 4) is 39.5 Å². The van der Waals surface area contributed by atoms with E-state index in [-0.39, 0.29) is 0 Å². The van der Waals surface area contributed by atoms with Crippen molar-refractivity contribution in [1.29, 1.82) is 0 Å². The molecule has 6 aromatic heterocycles. The molecule has 1 aliphatic heterocycles. The number of rotatable bonds is 2. The first kappa shape index (κ1) is 37.5. The van der Waals surface area contributed by atoms with Crippen LogP contribution < -0.4 is 4.90 Å². The van der Waals surface area contributed by atoms with Gasteiger partial charge in [0.25, 0.3) is 0 Å². The molecule has 0 saturated heterocycles. The van der Waals surface area contributed by atoms with E-state index >= 15 is 0 Å². The number of anilines is 3. The summed E-state index contributed by atoms with van der Waals surface area (Å²) in [5, 5.41) is 4.46. The number of aromatic nitrogens is 5. The van der Waals surface area contributed by atoms with Gasteiger partial charge in [-0.15, -0.1) is 0 Å². The molecule has 2 unspecified atom stereocenters. The molecule has 0 N–H and O–H groups in total. The van der Waals surface area contributed by atoms with Gasteiger partial charge >= 0.3 is 0 Å². The first-order valence-corrected chi connectivity index (χ1v) is 24.2. The average Bonchev–Trinajstić information content (AvgIpc) is 4.22. The van der Waals surface area contributed by atoms with Gasteiger partial charge in [-0.25, -0.2) is 0 Å². The Kier molecular flexibility index (Phi) is 6.97. The molecule has 0 amide bonds. The lowest BCUT2D eigenvalue weighted by Crippen LogP contribution is -2.37. The molecule has 7 nitrogen and oxygen atoms in total. The van der Waals surface area contributed by atoms with Crippen LogP contribution in [0.15, 0.2) is 223 Å². The Morgan fingerprint density at radius 3 is 1.97 bits per heavy atom. The van der Waals surface area contributed by atoms with Crippen LogP contribution in [-0.4, -0.2) is 24.5 Å². The van der Waals surface area contributed by atoms with Crippen LogP contribution in [0.3, 0.4) is 0 Å². The molecule has 7 heterocycles. The van der Waals surface area contributed by atoms with Crippen LogP contribution in [0.4, 0.5) is 17.1 Å². The maximum Gasteiger partial charge on any atom is 0.160 e. The molecule has 13 aromatic rings. The van der Waals surface area contributed by atoms with E-state index in [0.29, 0.717) is 0 Å². The van der Waals surface area contributed by atoms with Crippen LogP contribution in [0.2, 0.25) is 0 Å². The monoisotopic (exact) mass is 904 g/mol. The predicted octanol–water partition coefficient (Wildman–Crippen LogP) is 14.8. The zero-order chi connectivity index (χ0) is 46.2. The summed E-state index contributed by atoms with van der Waals surface area (Å²) in [5.74, 6) is 0. The van der Waals surface area contributed by atoms with Crippen molar-refractivity contribution in [2.45, 2.75) is 10.8 Å². The lowest BCUT2D eigenvalue weighted by molar-refractivity contribution is 0.671. The Balaban J connectivity index is 1.02. The minimum Gasteiger partial charge on any atom is -0.454 e. The third kappa shape index (κ3) is 4.38. The fraction of sp³-hybridized carbons (Fsp3) is 0.0312. The van der Waals surface area contributed by atoms with Gasteiger partial charge in [-0.05, 0) is 123 Å². The lowest BCUT2D eigenvalue weighted by atomic mass is 9.63. The molecule has 7 heteroatoms. The van der Waals surface area contributed by atoms with Crippen molar-refractivity contribution in [1.82, 2.24) is 24.5 Å². The number of pyridine rings is 4. The van der Waals surface area contributed by atoms with Crippen molar-refractivity contribution in [3.63, 3.8) is 0 Å². The normalized spacial score (nSPS) is 17.4. The summed E-state index contributed by atoms with van der Waals surface area (Å²) in [4.78, 5) is 23.0. The van der Waals surface area contributed by atoms with Crippen LogP contribution in [0, 0.1) is 0 Å². The summed E-state index contributed by atoms with van der Waals surface area (Å²) in [6, 6.07) is 68.7. The Hall–Kier alpha value is -9.46. The molecular weight excluding hydrogens is 869 g/mol. The Labute approximate surface area is 406 Å². The van der Waals surface area contributed by atoms with Crippen molar-refractivity contribution in [3.05, 3.63) is 264 Å². The van der Waals surface area contributed by atoms with E-state index in [1.54, 1.807) is 0 Å². The molecular formula is C64H36N6O. The van der Waals surface area contributed by atoms with Crippen molar-refractivity contribution in [2.75, 3.05) is 4.90 Å². The number of benzene rings is 7. The highest BCUT2D eigenvalue weighted by molar-refractivity contribution is 6.21. The Morgan fingerprint density at radius 1 is 0.380 bits per heavy atom. The largest absolute Gasteiger partial charge is 0.454 e. The van der Waals surface area contributed by atoms with Crippen LogP contribution in [0.25, 0.3) is 83.2 Å². The summed E-state index contributed by atoms with van der Waals surface area (Å²) in [7, 11) is 0. The van der Waals surface area contributed by atoms with Gasteiger partial charge in [0.2, 0.25) is 0 Å². The fourth-order valence-corrected chi connectivity index (χ4v) is 13.6. The molecule has 17 rings (SSSR count). The molecule has 2 spiro atoms. The van der Waals surface area contributed by atoms with E-state index in [9.17, 15) is 0 Å². The van der Waals surface area contributed by atoms with E-state index in [4.69, 9.17) is 19.4 Å². The minimum atomic E-state index is -0.844. The van der Waals surface area contributed by atoms with Gasteiger partial charge in [0.05, 0.1) is 62.2 Å². The first-order chi connectivity index (χ1) is 35.2. The second kappa shape index (κ2) is 13.2. The minimum absolute atomic E-state index is 0.629. The highest BCUT2D eigenvalue weighted by Crippen LogP contribution is 2.68. The van der Waals surface area contributed by atoms with Crippen molar-refractivity contribution in [2.24, 2.45) is 0 Å². The number of furan rings is 1. The van der Waals surface area contributed by atoms with E-state index < -0.39 is 10.8 Å². The molecule has 4 aliphatic rings. The molecule has 71 heavy (non-hydrogen) atoms. The van der Waals surface area contributed by atoms with E-state index in [1.165, 1.54) is 38.9 Å². The van der Waals surface area contributed by atoms with Crippen molar-refractivity contribution < 1.29 is 4.42 Å². The highest BCUT2D eigenvalue weighted by Gasteiger charge is 2.57. The molecule has 328 valence electrons.